The highest BCUT2D eigenvalue weighted by molar-refractivity contribution is 5.71. The van der Waals surface area contributed by atoms with E-state index < -0.39 is 6.10 Å². The first-order chi connectivity index (χ1) is 32.0. The van der Waals surface area contributed by atoms with Crippen molar-refractivity contribution in [3.8, 4) is 0 Å². The Kier molecular flexibility index (Phi) is 49.5. The van der Waals surface area contributed by atoms with Gasteiger partial charge in [0.25, 0.3) is 0 Å². The van der Waals surface area contributed by atoms with E-state index in [9.17, 15) is 14.4 Å². The van der Waals surface area contributed by atoms with Crippen molar-refractivity contribution < 1.29 is 28.6 Å². The minimum absolute atomic E-state index is 0.109. The van der Waals surface area contributed by atoms with Crippen molar-refractivity contribution in [2.75, 3.05) is 13.2 Å². The van der Waals surface area contributed by atoms with E-state index in [2.05, 4.69) is 130 Å². The van der Waals surface area contributed by atoms with Gasteiger partial charge < -0.3 is 14.2 Å². The van der Waals surface area contributed by atoms with Crippen LogP contribution in [0.3, 0.4) is 0 Å². The molecule has 0 fully saturated rings. The zero-order valence-corrected chi connectivity index (χ0v) is 42.0. The fraction of sp³-hybridized carbons (Fsp3) is 0.644. The molecule has 0 saturated heterocycles. The maximum absolute atomic E-state index is 12.8. The van der Waals surface area contributed by atoms with Crippen LogP contribution in [0, 0.1) is 0 Å². The smallest absolute Gasteiger partial charge is 0.306 e. The average molecular weight is 901 g/mol. The van der Waals surface area contributed by atoms with Crippen LogP contribution in [0.25, 0.3) is 0 Å². The molecule has 0 aromatic heterocycles. The molecule has 6 nitrogen and oxygen atoms in total. The molecular formula is C59H96O6. The summed E-state index contributed by atoms with van der Waals surface area (Å²) in [5.41, 5.74) is 0. The number of hydrogen-bond donors (Lipinski definition) is 0. The summed E-state index contributed by atoms with van der Waals surface area (Å²) in [5, 5.41) is 0. The Bertz CT molecular complexity index is 1360. The minimum atomic E-state index is -0.811. The third kappa shape index (κ3) is 50.9. The van der Waals surface area contributed by atoms with E-state index in [1.165, 1.54) is 51.4 Å². The molecule has 0 bridgehead atoms. The lowest BCUT2D eigenvalue weighted by molar-refractivity contribution is -0.167. The van der Waals surface area contributed by atoms with Gasteiger partial charge in [-0.15, -0.1) is 0 Å². The van der Waals surface area contributed by atoms with Gasteiger partial charge in [-0.25, -0.2) is 0 Å². The van der Waals surface area contributed by atoms with Crippen LogP contribution >= 0.6 is 0 Å². The lowest BCUT2D eigenvalue weighted by Crippen LogP contribution is -2.30. The number of esters is 3. The van der Waals surface area contributed by atoms with Gasteiger partial charge in [0.15, 0.2) is 6.10 Å². The van der Waals surface area contributed by atoms with Crippen LogP contribution in [0.4, 0.5) is 0 Å². The van der Waals surface area contributed by atoms with Gasteiger partial charge in [0.1, 0.15) is 13.2 Å². The maximum Gasteiger partial charge on any atom is 0.306 e. The molecule has 1 atom stereocenters. The Labute approximate surface area is 400 Å². The second-order valence-corrected chi connectivity index (χ2v) is 17.0. The first-order valence-corrected chi connectivity index (χ1v) is 26.4. The number of rotatable bonds is 46. The van der Waals surface area contributed by atoms with E-state index in [0.29, 0.717) is 25.7 Å². The second-order valence-electron chi connectivity index (χ2n) is 17.0. The van der Waals surface area contributed by atoms with Crippen LogP contribution in [-0.2, 0) is 28.6 Å². The monoisotopic (exact) mass is 901 g/mol. The summed E-state index contributed by atoms with van der Waals surface area (Å²) in [6.45, 7) is 6.33. The van der Waals surface area contributed by atoms with Gasteiger partial charge in [-0.2, -0.15) is 0 Å². The predicted molar refractivity (Wildman–Crippen MR) is 279 cm³/mol. The fourth-order valence-corrected chi connectivity index (χ4v) is 6.83. The molecule has 368 valence electrons. The zero-order chi connectivity index (χ0) is 47.2. The molecule has 65 heavy (non-hydrogen) atoms. The Morgan fingerprint density at radius 2 is 0.600 bits per heavy atom. The Hall–Kier alpha value is -3.93. The van der Waals surface area contributed by atoms with Gasteiger partial charge in [0.2, 0.25) is 0 Å². The highest BCUT2D eigenvalue weighted by Crippen LogP contribution is 2.13. The SMILES string of the molecule is CC/C=C\C/C=C\C/C=C\C/C=C\CCCCCCC(=O)OC[C@H](COC(=O)CCCC/C=C\C/C=C\C/C=C\C/C=C\CC)OC(=O)CCCCCCC/C=C\CCCCCCCC. The summed E-state index contributed by atoms with van der Waals surface area (Å²) in [4.78, 5) is 38.0. The summed E-state index contributed by atoms with van der Waals surface area (Å²) in [6.07, 6.45) is 70.7. The fourth-order valence-electron chi connectivity index (χ4n) is 6.83. The van der Waals surface area contributed by atoms with Crippen molar-refractivity contribution in [1.82, 2.24) is 0 Å². The van der Waals surface area contributed by atoms with Gasteiger partial charge in [-0.3, -0.25) is 14.4 Å². The molecule has 0 amide bonds. The molecule has 0 heterocycles. The molecule has 0 aliphatic carbocycles. The topological polar surface area (TPSA) is 78.9 Å². The summed E-state index contributed by atoms with van der Waals surface area (Å²) in [5.74, 6) is -0.986. The second kappa shape index (κ2) is 52.7. The molecule has 0 unspecified atom stereocenters. The summed E-state index contributed by atoms with van der Waals surface area (Å²) in [7, 11) is 0. The van der Waals surface area contributed by atoms with E-state index in [1.807, 2.05) is 0 Å². The normalized spacial score (nSPS) is 13.0. The molecule has 0 radical (unpaired) electrons. The van der Waals surface area contributed by atoms with Gasteiger partial charge in [-0.05, 0) is 122 Å². The van der Waals surface area contributed by atoms with Gasteiger partial charge in [0, 0.05) is 19.3 Å². The first kappa shape index (κ1) is 61.1. The molecule has 0 aromatic carbocycles. The predicted octanol–water partition coefficient (Wildman–Crippen LogP) is 17.5. The molecule has 0 aromatic rings. The Morgan fingerprint density at radius 3 is 0.985 bits per heavy atom. The number of ether oxygens (including phenoxy) is 3. The number of hydrogen-bond acceptors (Lipinski definition) is 6. The van der Waals surface area contributed by atoms with Gasteiger partial charge in [0.05, 0.1) is 0 Å². The molecule has 0 rings (SSSR count). The largest absolute Gasteiger partial charge is 0.462 e. The average Bonchev–Trinajstić information content (AvgIpc) is 3.30. The van der Waals surface area contributed by atoms with E-state index in [4.69, 9.17) is 14.2 Å². The number of carbonyl (C=O) groups is 3. The number of carbonyl (C=O) groups excluding carboxylic acids is 3. The quantitative estimate of drug-likeness (QED) is 0.0262. The minimum Gasteiger partial charge on any atom is -0.462 e. The molecule has 6 heteroatoms. The third-order valence-corrected chi connectivity index (χ3v) is 10.7. The van der Waals surface area contributed by atoms with Crippen LogP contribution in [-0.4, -0.2) is 37.2 Å². The first-order valence-electron chi connectivity index (χ1n) is 26.4. The highest BCUT2D eigenvalue weighted by atomic mass is 16.6. The van der Waals surface area contributed by atoms with Gasteiger partial charge >= 0.3 is 17.9 Å². The Morgan fingerprint density at radius 1 is 0.323 bits per heavy atom. The van der Waals surface area contributed by atoms with E-state index in [0.717, 1.165) is 128 Å². The Balaban J connectivity index is 4.52. The molecule has 0 saturated carbocycles. The zero-order valence-electron chi connectivity index (χ0n) is 42.0. The highest BCUT2D eigenvalue weighted by Gasteiger charge is 2.19. The summed E-state index contributed by atoms with van der Waals surface area (Å²) >= 11 is 0. The standard InChI is InChI=1S/C59H96O6/c1-4-7-10-13-16-19-22-25-28-29-32-34-37-40-43-46-49-52-58(61)64-55-56(65-59(62)53-50-47-44-41-38-35-31-27-24-21-18-15-12-9-6-3)54-63-57(60)51-48-45-42-39-36-33-30-26-23-20-17-14-11-8-5-2/h7-8,10-11,16-17,19-20,25-28,30-32,34,36,39,56H,4-6,9,12-15,18,21-24,29,33,35,37-38,40-55H2,1-3H3/b10-7-,11-8-,19-16-,20-17-,28-25-,30-26-,31-27-,34-32-,39-36-/t56-/m0/s1. The van der Waals surface area contributed by atoms with E-state index in [1.54, 1.807) is 0 Å². The van der Waals surface area contributed by atoms with Crippen molar-refractivity contribution in [2.45, 2.75) is 232 Å². The van der Waals surface area contributed by atoms with Crippen molar-refractivity contribution >= 4 is 17.9 Å². The number of unbranched alkanes of at least 4 members (excludes halogenated alkanes) is 17. The third-order valence-electron chi connectivity index (χ3n) is 10.7. The van der Waals surface area contributed by atoms with Crippen LogP contribution in [0.1, 0.15) is 226 Å². The van der Waals surface area contributed by atoms with Gasteiger partial charge in [-0.1, -0.05) is 194 Å². The molecule has 0 spiro atoms. The number of allylic oxidation sites excluding steroid dienone is 18. The van der Waals surface area contributed by atoms with Crippen molar-refractivity contribution in [2.24, 2.45) is 0 Å². The van der Waals surface area contributed by atoms with Crippen LogP contribution in [0.2, 0.25) is 0 Å². The summed E-state index contributed by atoms with van der Waals surface area (Å²) in [6, 6.07) is 0. The van der Waals surface area contributed by atoms with E-state index in [-0.39, 0.29) is 31.1 Å². The van der Waals surface area contributed by atoms with Crippen LogP contribution in [0.15, 0.2) is 109 Å². The van der Waals surface area contributed by atoms with Crippen LogP contribution in [0.5, 0.6) is 0 Å². The molecule has 0 aliphatic rings. The van der Waals surface area contributed by atoms with Crippen molar-refractivity contribution in [1.29, 1.82) is 0 Å². The lowest BCUT2D eigenvalue weighted by atomic mass is 10.1. The van der Waals surface area contributed by atoms with Crippen LogP contribution < -0.4 is 0 Å². The molecular weight excluding hydrogens is 805 g/mol. The lowest BCUT2D eigenvalue weighted by Gasteiger charge is -2.18. The maximum atomic E-state index is 12.8. The summed E-state index contributed by atoms with van der Waals surface area (Å²) < 4.78 is 16.8. The van der Waals surface area contributed by atoms with Crippen molar-refractivity contribution in [3.63, 3.8) is 0 Å². The van der Waals surface area contributed by atoms with E-state index >= 15 is 0 Å². The molecule has 0 N–H and O–H groups in total. The van der Waals surface area contributed by atoms with Crippen molar-refractivity contribution in [3.05, 3.63) is 109 Å². The molecule has 0 aliphatic heterocycles.